The molecule has 3 aliphatic rings. The minimum absolute atomic E-state index is 0.141. The zero-order chi connectivity index (χ0) is 17.6. The summed E-state index contributed by atoms with van der Waals surface area (Å²) in [6, 6.07) is 6.92. The monoisotopic (exact) mass is 343 g/mol. The summed E-state index contributed by atoms with van der Waals surface area (Å²) in [6.07, 6.45) is 3.08. The van der Waals surface area contributed by atoms with Crippen LogP contribution in [0.3, 0.4) is 0 Å². The average Bonchev–Trinajstić information content (AvgIpc) is 3.18. The molecular weight excluding hydrogens is 314 g/mol. The highest BCUT2D eigenvalue weighted by atomic mass is 16.6. The molecule has 0 radical (unpaired) electrons. The lowest BCUT2D eigenvalue weighted by molar-refractivity contribution is 0.0194. The fourth-order valence-corrected chi connectivity index (χ4v) is 4.57. The highest BCUT2D eigenvalue weighted by Gasteiger charge is 2.42. The number of amides is 1. The lowest BCUT2D eigenvalue weighted by Gasteiger charge is -2.40. The van der Waals surface area contributed by atoms with Gasteiger partial charge in [-0.15, -0.1) is 0 Å². The molecule has 3 aliphatic heterocycles. The number of ether oxygens (including phenoxy) is 1. The number of carbonyl (C=O) groups excluding carboxylic acids is 1. The summed E-state index contributed by atoms with van der Waals surface area (Å²) >= 11 is 0. The Balaban J connectivity index is 1.46. The summed E-state index contributed by atoms with van der Waals surface area (Å²) in [5.74, 6) is 0.548. The number of anilines is 2. The van der Waals surface area contributed by atoms with Crippen molar-refractivity contribution < 1.29 is 9.53 Å². The number of piperidine rings is 1. The number of nitrogens with zero attached hydrogens (tertiary/aromatic N) is 2. The summed E-state index contributed by atoms with van der Waals surface area (Å²) in [5, 5.41) is 3.47. The van der Waals surface area contributed by atoms with Crippen molar-refractivity contribution in [3.8, 4) is 0 Å². The fourth-order valence-electron chi connectivity index (χ4n) is 4.57. The second-order valence-corrected chi connectivity index (χ2v) is 8.50. The maximum absolute atomic E-state index is 12.5. The Hall–Kier alpha value is -1.91. The zero-order valence-corrected chi connectivity index (χ0v) is 15.5. The molecule has 5 heteroatoms. The molecule has 136 valence electrons. The van der Waals surface area contributed by atoms with Crippen molar-refractivity contribution in [3.05, 3.63) is 23.8 Å². The third-order valence-electron chi connectivity index (χ3n) is 5.65. The average molecular weight is 343 g/mol. The first-order chi connectivity index (χ1) is 11.9. The lowest BCUT2D eigenvalue weighted by atomic mass is 9.92. The number of rotatable bonds is 1. The van der Waals surface area contributed by atoms with E-state index in [1.165, 1.54) is 16.9 Å². The molecule has 1 aromatic rings. The van der Waals surface area contributed by atoms with Gasteiger partial charge in [-0.25, -0.2) is 4.79 Å². The van der Waals surface area contributed by atoms with Crippen molar-refractivity contribution in [1.82, 2.24) is 4.90 Å². The quantitative estimate of drug-likeness (QED) is 0.848. The van der Waals surface area contributed by atoms with E-state index in [0.29, 0.717) is 12.0 Å². The Morgan fingerprint density at radius 2 is 2.08 bits per heavy atom. The molecule has 1 N–H and O–H groups in total. The van der Waals surface area contributed by atoms with Gasteiger partial charge in [0.25, 0.3) is 0 Å². The first kappa shape index (κ1) is 16.6. The van der Waals surface area contributed by atoms with Gasteiger partial charge in [0, 0.05) is 49.2 Å². The SMILES string of the molecule is CC(C)(C)OC(=O)N1CC[C@@H]2CN(c3cccc4c3CCN4)CC[C@@H]21. The predicted molar refractivity (Wildman–Crippen MR) is 100 cm³/mol. The molecule has 2 saturated heterocycles. The summed E-state index contributed by atoms with van der Waals surface area (Å²) in [7, 11) is 0. The van der Waals surface area contributed by atoms with Crippen LogP contribution in [0.5, 0.6) is 0 Å². The molecule has 0 aliphatic carbocycles. The van der Waals surface area contributed by atoms with Gasteiger partial charge in [-0.2, -0.15) is 0 Å². The first-order valence-corrected chi connectivity index (χ1v) is 9.53. The van der Waals surface area contributed by atoms with E-state index in [4.69, 9.17) is 4.74 Å². The Labute approximate surface area is 150 Å². The van der Waals surface area contributed by atoms with E-state index >= 15 is 0 Å². The van der Waals surface area contributed by atoms with Gasteiger partial charge < -0.3 is 19.9 Å². The van der Waals surface area contributed by atoms with E-state index in [9.17, 15) is 4.79 Å². The molecule has 3 heterocycles. The highest BCUT2D eigenvalue weighted by Crippen LogP contribution is 2.38. The normalized spacial score (nSPS) is 25.4. The van der Waals surface area contributed by atoms with Crippen LogP contribution in [0, 0.1) is 5.92 Å². The molecule has 0 aromatic heterocycles. The van der Waals surface area contributed by atoms with Gasteiger partial charge in [0.2, 0.25) is 0 Å². The second-order valence-electron chi connectivity index (χ2n) is 8.50. The third kappa shape index (κ3) is 3.16. The largest absolute Gasteiger partial charge is 0.444 e. The molecule has 2 atom stereocenters. The Bertz CT molecular complexity index is 667. The van der Waals surface area contributed by atoms with Crippen LogP contribution >= 0.6 is 0 Å². The first-order valence-electron chi connectivity index (χ1n) is 9.53. The number of likely N-dealkylation sites (tertiary alicyclic amines) is 1. The number of fused-ring (bicyclic) bond motifs is 2. The Kier molecular flexibility index (Phi) is 4.05. The van der Waals surface area contributed by atoms with Crippen molar-refractivity contribution in [2.45, 2.75) is 51.7 Å². The standard InChI is InChI=1S/C20H29N3O2/c1-20(2,3)25-19(24)23-12-8-14-13-22(11-9-17(14)23)18-6-4-5-16-15(18)7-10-21-16/h4-6,14,17,21H,7-13H2,1-3H3/t14-,17+/m1/s1. The molecular formula is C20H29N3O2. The lowest BCUT2D eigenvalue weighted by Crippen LogP contribution is -2.48. The summed E-state index contributed by atoms with van der Waals surface area (Å²) in [4.78, 5) is 17.0. The van der Waals surface area contributed by atoms with Gasteiger partial charge in [-0.3, -0.25) is 0 Å². The molecule has 5 nitrogen and oxygen atoms in total. The van der Waals surface area contributed by atoms with E-state index in [1.54, 1.807) is 0 Å². The van der Waals surface area contributed by atoms with Gasteiger partial charge in [-0.1, -0.05) is 6.07 Å². The van der Waals surface area contributed by atoms with Crippen LogP contribution < -0.4 is 10.2 Å². The summed E-state index contributed by atoms with van der Waals surface area (Å²) in [6.45, 7) is 9.73. The third-order valence-corrected chi connectivity index (χ3v) is 5.65. The van der Waals surface area contributed by atoms with Gasteiger partial charge in [0.05, 0.1) is 0 Å². The van der Waals surface area contributed by atoms with E-state index in [0.717, 1.165) is 45.4 Å². The van der Waals surface area contributed by atoms with Crippen LogP contribution in [0.15, 0.2) is 18.2 Å². The number of carbonyl (C=O) groups is 1. The number of hydrogen-bond donors (Lipinski definition) is 1. The van der Waals surface area contributed by atoms with Gasteiger partial charge >= 0.3 is 6.09 Å². The minimum atomic E-state index is -0.423. The Morgan fingerprint density at radius 1 is 1.24 bits per heavy atom. The molecule has 2 fully saturated rings. The highest BCUT2D eigenvalue weighted by molar-refractivity contribution is 5.71. The molecule has 0 bridgehead atoms. The topological polar surface area (TPSA) is 44.8 Å². The second kappa shape index (κ2) is 6.11. The minimum Gasteiger partial charge on any atom is -0.444 e. The van der Waals surface area contributed by atoms with Crippen LogP contribution in [0.1, 0.15) is 39.2 Å². The van der Waals surface area contributed by atoms with E-state index in [2.05, 4.69) is 28.4 Å². The van der Waals surface area contributed by atoms with Gasteiger partial charge in [0.15, 0.2) is 0 Å². The molecule has 0 saturated carbocycles. The van der Waals surface area contributed by atoms with Crippen LogP contribution in [0.2, 0.25) is 0 Å². The number of hydrogen-bond acceptors (Lipinski definition) is 4. The van der Waals surface area contributed by atoms with Crippen LogP contribution in [0.25, 0.3) is 0 Å². The molecule has 1 amide bonds. The number of nitrogens with one attached hydrogen (secondary N) is 1. The maximum Gasteiger partial charge on any atom is 0.410 e. The van der Waals surface area contributed by atoms with Crippen molar-refractivity contribution in [2.75, 3.05) is 36.4 Å². The van der Waals surface area contributed by atoms with Crippen LogP contribution in [0.4, 0.5) is 16.2 Å². The Morgan fingerprint density at radius 3 is 2.88 bits per heavy atom. The van der Waals surface area contributed by atoms with Crippen molar-refractivity contribution >= 4 is 17.5 Å². The van der Waals surface area contributed by atoms with Crippen molar-refractivity contribution in [3.63, 3.8) is 0 Å². The molecule has 0 spiro atoms. The van der Waals surface area contributed by atoms with E-state index in [1.807, 2.05) is 25.7 Å². The fraction of sp³-hybridized carbons (Fsp3) is 0.650. The van der Waals surface area contributed by atoms with Crippen LogP contribution in [-0.2, 0) is 11.2 Å². The zero-order valence-electron chi connectivity index (χ0n) is 15.5. The van der Waals surface area contributed by atoms with Gasteiger partial charge in [-0.05, 0) is 58.1 Å². The molecule has 4 rings (SSSR count). The maximum atomic E-state index is 12.5. The predicted octanol–water partition coefficient (Wildman–Crippen LogP) is 3.49. The van der Waals surface area contributed by atoms with Gasteiger partial charge in [0.1, 0.15) is 5.60 Å². The van der Waals surface area contributed by atoms with E-state index < -0.39 is 5.60 Å². The summed E-state index contributed by atoms with van der Waals surface area (Å²) < 4.78 is 5.61. The van der Waals surface area contributed by atoms with Crippen molar-refractivity contribution in [1.29, 1.82) is 0 Å². The summed E-state index contributed by atoms with van der Waals surface area (Å²) in [5.41, 5.74) is 3.72. The molecule has 1 aromatic carbocycles. The van der Waals surface area contributed by atoms with E-state index in [-0.39, 0.29) is 6.09 Å². The number of benzene rings is 1. The van der Waals surface area contributed by atoms with Crippen molar-refractivity contribution in [2.24, 2.45) is 5.92 Å². The molecule has 0 unspecified atom stereocenters. The van der Waals surface area contributed by atoms with Crippen LogP contribution in [-0.4, -0.2) is 48.8 Å². The molecule has 25 heavy (non-hydrogen) atoms. The smallest absolute Gasteiger partial charge is 0.410 e.